The molecular formula is C15H21N3O3. The van der Waals surface area contributed by atoms with Gasteiger partial charge in [0.05, 0.1) is 25.9 Å². The number of morpholine rings is 1. The lowest BCUT2D eigenvalue weighted by Gasteiger charge is -2.44. The number of pyridine rings is 1. The summed E-state index contributed by atoms with van der Waals surface area (Å²) in [6.45, 7) is 7.43. The minimum atomic E-state index is -0.303. The summed E-state index contributed by atoms with van der Waals surface area (Å²) in [5.74, 6) is 0.420. The number of aromatic nitrogens is 1. The molecule has 1 atom stereocenters. The van der Waals surface area contributed by atoms with Crippen LogP contribution in [-0.4, -0.2) is 67.9 Å². The highest BCUT2D eigenvalue weighted by Gasteiger charge is 2.31. The van der Waals surface area contributed by atoms with Crippen molar-refractivity contribution in [3.8, 4) is 0 Å². The standard InChI is InChI=1S/C15H21N3O3/c1-2-21-15(19)13-4-3-5-16-14(13)18-7-6-17-8-9-20-11-12(17)10-18/h3-5,12H,2,6-11H2,1H3/t12-/m1/s1. The average molecular weight is 291 g/mol. The van der Waals surface area contributed by atoms with Crippen molar-refractivity contribution in [1.82, 2.24) is 9.88 Å². The number of rotatable bonds is 3. The van der Waals surface area contributed by atoms with Crippen molar-refractivity contribution in [2.75, 3.05) is 50.9 Å². The Morgan fingerprint density at radius 2 is 2.38 bits per heavy atom. The van der Waals surface area contributed by atoms with E-state index in [4.69, 9.17) is 9.47 Å². The maximum Gasteiger partial charge on any atom is 0.341 e. The number of carbonyl (C=O) groups excluding carboxylic acids is 1. The molecule has 2 saturated heterocycles. The van der Waals surface area contributed by atoms with E-state index < -0.39 is 0 Å². The van der Waals surface area contributed by atoms with Gasteiger partial charge in [-0.25, -0.2) is 9.78 Å². The fourth-order valence-corrected chi connectivity index (χ4v) is 2.96. The molecule has 114 valence electrons. The molecule has 0 amide bonds. The van der Waals surface area contributed by atoms with Gasteiger partial charge in [0, 0.05) is 32.4 Å². The molecular weight excluding hydrogens is 270 g/mol. The summed E-state index contributed by atoms with van der Waals surface area (Å²) < 4.78 is 10.7. The molecule has 3 rings (SSSR count). The van der Waals surface area contributed by atoms with Crippen molar-refractivity contribution in [2.24, 2.45) is 0 Å². The molecule has 0 spiro atoms. The first-order valence-corrected chi connectivity index (χ1v) is 7.48. The molecule has 0 unspecified atom stereocenters. The summed E-state index contributed by atoms with van der Waals surface area (Å²) >= 11 is 0. The second-order valence-electron chi connectivity index (χ2n) is 5.31. The molecule has 0 saturated carbocycles. The smallest absolute Gasteiger partial charge is 0.341 e. The highest BCUT2D eigenvalue weighted by atomic mass is 16.5. The zero-order valence-electron chi connectivity index (χ0n) is 12.3. The van der Waals surface area contributed by atoms with Crippen LogP contribution in [0.1, 0.15) is 17.3 Å². The van der Waals surface area contributed by atoms with E-state index in [2.05, 4.69) is 14.8 Å². The summed E-state index contributed by atoms with van der Waals surface area (Å²) in [6, 6.07) is 3.93. The lowest BCUT2D eigenvalue weighted by molar-refractivity contribution is -0.0118. The van der Waals surface area contributed by atoms with Gasteiger partial charge < -0.3 is 14.4 Å². The lowest BCUT2D eigenvalue weighted by atomic mass is 10.1. The number of anilines is 1. The van der Waals surface area contributed by atoms with Crippen LogP contribution in [-0.2, 0) is 9.47 Å². The molecule has 6 heteroatoms. The van der Waals surface area contributed by atoms with Crippen molar-refractivity contribution in [3.05, 3.63) is 23.9 Å². The van der Waals surface area contributed by atoms with Crippen LogP contribution in [0.5, 0.6) is 0 Å². The van der Waals surface area contributed by atoms with E-state index in [-0.39, 0.29) is 5.97 Å². The van der Waals surface area contributed by atoms with E-state index in [9.17, 15) is 4.79 Å². The third kappa shape index (κ3) is 3.01. The molecule has 1 aromatic heterocycles. The predicted molar refractivity (Wildman–Crippen MR) is 78.6 cm³/mol. The van der Waals surface area contributed by atoms with Gasteiger partial charge in [0.25, 0.3) is 0 Å². The summed E-state index contributed by atoms with van der Waals surface area (Å²) in [6.07, 6.45) is 1.72. The quantitative estimate of drug-likeness (QED) is 0.767. The molecule has 3 heterocycles. The van der Waals surface area contributed by atoms with Crippen molar-refractivity contribution < 1.29 is 14.3 Å². The fraction of sp³-hybridized carbons (Fsp3) is 0.600. The van der Waals surface area contributed by atoms with Gasteiger partial charge in [-0.15, -0.1) is 0 Å². The van der Waals surface area contributed by atoms with Crippen molar-refractivity contribution in [1.29, 1.82) is 0 Å². The van der Waals surface area contributed by atoms with E-state index in [1.165, 1.54) is 0 Å². The van der Waals surface area contributed by atoms with E-state index in [0.29, 0.717) is 18.2 Å². The van der Waals surface area contributed by atoms with E-state index in [1.807, 2.05) is 6.92 Å². The summed E-state index contributed by atoms with van der Waals surface area (Å²) in [5.41, 5.74) is 0.546. The Morgan fingerprint density at radius 3 is 3.24 bits per heavy atom. The number of esters is 1. The Hall–Kier alpha value is -1.66. The summed E-state index contributed by atoms with van der Waals surface area (Å²) in [5, 5.41) is 0. The van der Waals surface area contributed by atoms with Crippen LogP contribution in [0.2, 0.25) is 0 Å². The number of hydrogen-bond donors (Lipinski definition) is 0. The number of fused-ring (bicyclic) bond motifs is 1. The largest absolute Gasteiger partial charge is 0.462 e. The zero-order valence-corrected chi connectivity index (χ0v) is 12.3. The average Bonchev–Trinajstić information content (AvgIpc) is 2.54. The molecule has 0 aromatic carbocycles. The Balaban J connectivity index is 1.79. The Morgan fingerprint density at radius 1 is 1.48 bits per heavy atom. The van der Waals surface area contributed by atoms with Gasteiger partial charge in [0.2, 0.25) is 0 Å². The first-order valence-electron chi connectivity index (χ1n) is 7.48. The maximum atomic E-state index is 12.1. The van der Waals surface area contributed by atoms with Gasteiger partial charge in [-0.3, -0.25) is 4.90 Å². The fourth-order valence-electron chi connectivity index (χ4n) is 2.96. The maximum absolute atomic E-state index is 12.1. The van der Waals surface area contributed by atoms with Crippen LogP contribution >= 0.6 is 0 Å². The Bertz CT molecular complexity index is 509. The number of ether oxygens (including phenoxy) is 2. The van der Waals surface area contributed by atoms with Crippen LogP contribution in [0.4, 0.5) is 5.82 Å². The number of piperazine rings is 1. The van der Waals surface area contributed by atoms with Crippen molar-refractivity contribution in [2.45, 2.75) is 13.0 Å². The molecule has 2 aliphatic heterocycles. The molecule has 21 heavy (non-hydrogen) atoms. The Labute approximate surface area is 124 Å². The van der Waals surface area contributed by atoms with Gasteiger partial charge in [-0.1, -0.05) is 0 Å². The SMILES string of the molecule is CCOC(=O)c1cccnc1N1CCN2CCOC[C@H]2C1. The molecule has 0 radical (unpaired) electrons. The van der Waals surface area contributed by atoms with Crippen LogP contribution in [0.25, 0.3) is 0 Å². The minimum absolute atomic E-state index is 0.303. The zero-order chi connectivity index (χ0) is 14.7. The highest BCUT2D eigenvalue weighted by Crippen LogP contribution is 2.23. The molecule has 0 bridgehead atoms. The molecule has 6 nitrogen and oxygen atoms in total. The summed E-state index contributed by atoms with van der Waals surface area (Å²) in [4.78, 5) is 21.1. The molecule has 0 aliphatic carbocycles. The van der Waals surface area contributed by atoms with E-state index in [1.54, 1.807) is 18.3 Å². The predicted octanol–water partition coefficient (Wildman–Crippen LogP) is 0.779. The minimum Gasteiger partial charge on any atom is -0.462 e. The van der Waals surface area contributed by atoms with Crippen molar-refractivity contribution in [3.63, 3.8) is 0 Å². The van der Waals surface area contributed by atoms with E-state index >= 15 is 0 Å². The second kappa shape index (κ2) is 6.41. The van der Waals surface area contributed by atoms with Crippen LogP contribution < -0.4 is 4.90 Å². The van der Waals surface area contributed by atoms with Gasteiger partial charge in [0.1, 0.15) is 11.4 Å². The van der Waals surface area contributed by atoms with Crippen molar-refractivity contribution >= 4 is 11.8 Å². The van der Waals surface area contributed by atoms with Gasteiger partial charge >= 0.3 is 5.97 Å². The Kier molecular flexibility index (Phi) is 4.36. The van der Waals surface area contributed by atoms with Crippen LogP contribution in [0, 0.1) is 0 Å². The molecule has 2 aliphatic rings. The normalized spacial score (nSPS) is 22.7. The van der Waals surface area contributed by atoms with Crippen LogP contribution in [0.3, 0.4) is 0 Å². The van der Waals surface area contributed by atoms with Gasteiger partial charge in [0.15, 0.2) is 0 Å². The first kappa shape index (κ1) is 14.3. The van der Waals surface area contributed by atoms with Gasteiger partial charge in [-0.2, -0.15) is 0 Å². The number of carbonyl (C=O) groups is 1. The number of hydrogen-bond acceptors (Lipinski definition) is 6. The molecule has 2 fully saturated rings. The number of nitrogens with zero attached hydrogens (tertiary/aromatic N) is 3. The second-order valence-corrected chi connectivity index (χ2v) is 5.31. The molecule has 1 aromatic rings. The lowest BCUT2D eigenvalue weighted by Crippen LogP contribution is -2.58. The monoisotopic (exact) mass is 291 g/mol. The van der Waals surface area contributed by atoms with Crippen LogP contribution in [0.15, 0.2) is 18.3 Å². The highest BCUT2D eigenvalue weighted by molar-refractivity contribution is 5.94. The molecule has 0 N–H and O–H groups in total. The first-order chi connectivity index (χ1) is 10.3. The summed E-state index contributed by atoms with van der Waals surface area (Å²) in [7, 11) is 0. The topological polar surface area (TPSA) is 54.9 Å². The van der Waals surface area contributed by atoms with Gasteiger partial charge in [-0.05, 0) is 19.1 Å². The third-order valence-corrected chi connectivity index (χ3v) is 4.02. The van der Waals surface area contributed by atoms with E-state index in [0.717, 1.165) is 45.2 Å². The third-order valence-electron chi connectivity index (χ3n) is 4.02.